The van der Waals surface area contributed by atoms with E-state index in [-0.39, 0.29) is 38.6 Å². The van der Waals surface area contributed by atoms with Crippen molar-refractivity contribution in [1.29, 1.82) is 0 Å². The van der Waals surface area contributed by atoms with Crippen LogP contribution >= 0.6 is 0 Å². The Labute approximate surface area is 502 Å². The summed E-state index contributed by atoms with van der Waals surface area (Å²) in [4.78, 5) is 37.3. The molecule has 0 saturated carbocycles. The Morgan fingerprint density at radius 2 is 0.704 bits per heavy atom. The first-order valence-electron chi connectivity index (χ1n) is 34.8. The monoisotopic (exact) mass is 1140 g/mol. The Kier molecular flexibility index (Phi) is 61.1. The van der Waals surface area contributed by atoms with Crippen molar-refractivity contribution in [2.75, 3.05) is 47.5 Å². The molecule has 9 heteroatoms. The highest BCUT2D eigenvalue weighted by atomic mass is 16.7. The number of carboxylic acid groups (broad SMARTS) is 1. The fourth-order valence-corrected chi connectivity index (χ4v) is 10.3. The van der Waals surface area contributed by atoms with Gasteiger partial charge in [-0.25, -0.2) is 0 Å². The van der Waals surface area contributed by atoms with E-state index >= 15 is 0 Å². The molecule has 0 fully saturated rings. The lowest BCUT2D eigenvalue weighted by atomic mass is 10.0. The Morgan fingerprint density at radius 1 is 0.383 bits per heavy atom. The first-order chi connectivity index (χ1) is 39.6. The normalized spacial score (nSPS) is 13.0. The summed E-state index contributed by atoms with van der Waals surface area (Å²) in [7, 11) is 5.92. The summed E-state index contributed by atoms with van der Waals surface area (Å²) in [5.41, 5.74) is 0. The molecule has 0 amide bonds. The van der Waals surface area contributed by atoms with Gasteiger partial charge in [-0.3, -0.25) is 9.59 Å². The summed E-state index contributed by atoms with van der Waals surface area (Å²) in [5.74, 6) is -2.30. The average Bonchev–Trinajstić information content (AvgIpc) is 3.44. The van der Waals surface area contributed by atoms with Crippen molar-refractivity contribution in [1.82, 2.24) is 0 Å². The maximum absolute atomic E-state index is 12.9. The minimum absolute atomic E-state index is 0.143. The van der Waals surface area contributed by atoms with E-state index in [0.29, 0.717) is 17.4 Å². The lowest BCUT2D eigenvalue weighted by molar-refractivity contribution is -0.870. The fraction of sp³-hybridized carbons (Fsp3) is 0.847. The third-order valence-corrected chi connectivity index (χ3v) is 15.6. The van der Waals surface area contributed by atoms with Gasteiger partial charge in [0.25, 0.3) is 0 Å². The molecule has 0 aromatic rings. The first-order valence-corrected chi connectivity index (χ1v) is 34.8. The van der Waals surface area contributed by atoms with Crippen molar-refractivity contribution < 1.29 is 42.9 Å². The predicted molar refractivity (Wildman–Crippen MR) is 343 cm³/mol. The van der Waals surface area contributed by atoms with Gasteiger partial charge in [0, 0.05) is 12.8 Å². The van der Waals surface area contributed by atoms with E-state index in [0.717, 1.165) is 70.6 Å². The van der Waals surface area contributed by atoms with Gasteiger partial charge in [-0.15, -0.1) is 0 Å². The van der Waals surface area contributed by atoms with Crippen LogP contribution in [0, 0.1) is 0 Å². The minimum Gasteiger partial charge on any atom is -0.545 e. The third kappa shape index (κ3) is 64.7. The van der Waals surface area contributed by atoms with Crippen molar-refractivity contribution in [3.63, 3.8) is 0 Å². The summed E-state index contributed by atoms with van der Waals surface area (Å²) >= 11 is 0. The van der Waals surface area contributed by atoms with E-state index in [2.05, 4.69) is 62.5 Å². The molecule has 474 valence electrons. The molecule has 0 spiro atoms. The maximum Gasteiger partial charge on any atom is 0.306 e. The van der Waals surface area contributed by atoms with Gasteiger partial charge in [0.15, 0.2) is 12.4 Å². The number of carboxylic acids is 1. The molecular weight excluding hydrogens is 1010 g/mol. The maximum atomic E-state index is 12.9. The van der Waals surface area contributed by atoms with Crippen molar-refractivity contribution in [2.45, 2.75) is 347 Å². The third-order valence-electron chi connectivity index (χ3n) is 15.6. The number of aliphatic carboxylic acids is 1. The summed E-state index contributed by atoms with van der Waals surface area (Å²) in [6, 6.07) is 0. The standard InChI is InChI=1S/C72H133NO8/c1-6-8-10-12-14-16-18-20-22-24-25-26-27-28-29-30-31-32-33-34-35-36-37-38-39-40-41-42-43-44-45-47-48-50-52-54-56-58-60-62-69(74)79-66-68(67-80-72(71(76)77)78-65-64-73(3,4)5)81-70(75)63-61-59-57-55-53-51-49-46-23-21-19-17-15-13-11-9-7-2/h9,11,15,17,21,23,49,51,68,72H,6-8,10,12-14,16,18-20,22,24-48,50,52-67H2,1-5H3/b11-9-,17-15-,23-21-,51-49-. The van der Waals surface area contributed by atoms with Gasteiger partial charge in [-0.2, -0.15) is 0 Å². The zero-order valence-corrected chi connectivity index (χ0v) is 54.2. The van der Waals surface area contributed by atoms with E-state index in [1.54, 1.807) is 0 Å². The van der Waals surface area contributed by atoms with Crippen LogP contribution in [-0.2, 0) is 33.3 Å². The number of esters is 2. The molecule has 0 aromatic heterocycles. The predicted octanol–water partition coefficient (Wildman–Crippen LogP) is 20.0. The van der Waals surface area contributed by atoms with Gasteiger partial charge in [-0.1, -0.05) is 319 Å². The summed E-state index contributed by atoms with van der Waals surface area (Å²) in [6.07, 6.45) is 78.0. The fourth-order valence-electron chi connectivity index (χ4n) is 10.3. The molecule has 0 aliphatic heterocycles. The van der Waals surface area contributed by atoms with E-state index < -0.39 is 24.3 Å². The molecule has 0 aliphatic carbocycles. The smallest absolute Gasteiger partial charge is 0.306 e. The Hall–Kier alpha value is -2.75. The second kappa shape index (κ2) is 63.3. The number of quaternary nitrogens is 1. The van der Waals surface area contributed by atoms with Crippen molar-refractivity contribution in [3.8, 4) is 0 Å². The highest BCUT2D eigenvalue weighted by molar-refractivity contribution is 5.70. The van der Waals surface area contributed by atoms with Crippen LogP contribution in [0.25, 0.3) is 0 Å². The van der Waals surface area contributed by atoms with Crippen molar-refractivity contribution >= 4 is 17.9 Å². The number of hydrogen-bond donors (Lipinski definition) is 0. The van der Waals surface area contributed by atoms with Crippen molar-refractivity contribution in [2.24, 2.45) is 0 Å². The topological polar surface area (TPSA) is 111 Å². The molecule has 9 nitrogen and oxygen atoms in total. The molecule has 0 N–H and O–H groups in total. The molecule has 2 atom stereocenters. The van der Waals surface area contributed by atoms with Crippen LogP contribution in [-0.4, -0.2) is 82.3 Å². The average molecular weight is 1140 g/mol. The van der Waals surface area contributed by atoms with Gasteiger partial charge >= 0.3 is 11.9 Å². The van der Waals surface area contributed by atoms with Gasteiger partial charge < -0.3 is 33.3 Å². The van der Waals surface area contributed by atoms with Crippen LogP contribution in [0.15, 0.2) is 48.6 Å². The second-order valence-electron chi connectivity index (χ2n) is 24.8. The largest absolute Gasteiger partial charge is 0.545 e. The van der Waals surface area contributed by atoms with Crippen molar-refractivity contribution in [3.05, 3.63) is 48.6 Å². The SMILES string of the molecule is CC/C=C\C/C=C\C/C=C\C/C=C\CCCCCCC(=O)OC(COC(=O)CCCCCCCCCCCCCCCCCCCCCCCCCCCCCCCCCCCCCCCCC)COC(OCC[N+](C)(C)C)C(=O)[O-]. The van der Waals surface area contributed by atoms with E-state index in [4.69, 9.17) is 18.9 Å². The van der Waals surface area contributed by atoms with Crippen LogP contribution in [0.5, 0.6) is 0 Å². The quantitative estimate of drug-likeness (QED) is 0.0195. The van der Waals surface area contributed by atoms with E-state index in [1.165, 1.54) is 231 Å². The molecule has 0 heterocycles. The number of carbonyl (C=O) groups is 3. The number of unbranched alkanes of at least 4 members (excludes halogenated alkanes) is 42. The number of rotatable bonds is 65. The number of hydrogen-bond acceptors (Lipinski definition) is 8. The lowest BCUT2D eigenvalue weighted by Gasteiger charge is -2.26. The van der Waals surface area contributed by atoms with Crippen LogP contribution in [0.4, 0.5) is 0 Å². The summed E-state index contributed by atoms with van der Waals surface area (Å²) in [6.45, 7) is 4.65. The number of ether oxygens (including phenoxy) is 4. The number of allylic oxidation sites excluding steroid dienone is 8. The van der Waals surface area contributed by atoms with Gasteiger partial charge in [-0.05, 0) is 51.4 Å². The summed E-state index contributed by atoms with van der Waals surface area (Å²) < 4.78 is 22.7. The number of nitrogens with zero attached hydrogens (tertiary/aromatic N) is 1. The molecule has 81 heavy (non-hydrogen) atoms. The molecular formula is C72H133NO8. The molecule has 0 radical (unpaired) electrons. The summed E-state index contributed by atoms with van der Waals surface area (Å²) in [5, 5.41) is 11.8. The molecule has 0 aliphatic rings. The van der Waals surface area contributed by atoms with Gasteiger partial charge in [0.2, 0.25) is 0 Å². The van der Waals surface area contributed by atoms with Gasteiger partial charge in [0.05, 0.1) is 40.3 Å². The number of carbonyl (C=O) groups excluding carboxylic acids is 3. The highest BCUT2D eigenvalue weighted by Gasteiger charge is 2.22. The van der Waals surface area contributed by atoms with Gasteiger partial charge in [0.1, 0.15) is 13.2 Å². The minimum atomic E-state index is -1.63. The molecule has 0 aromatic carbocycles. The highest BCUT2D eigenvalue weighted by Crippen LogP contribution is 2.19. The Morgan fingerprint density at radius 3 is 1.05 bits per heavy atom. The Bertz CT molecular complexity index is 1470. The molecule has 0 bridgehead atoms. The van der Waals surface area contributed by atoms with Crippen LogP contribution in [0.1, 0.15) is 335 Å². The second-order valence-corrected chi connectivity index (χ2v) is 24.8. The lowest BCUT2D eigenvalue weighted by Crippen LogP contribution is -2.44. The van der Waals surface area contributed by atoms with Crippen LogP contribution in [0.2, 0.25) is 0 Å². The van der Waals surface area contributed by atoms with E-state index in [9.17, 15) is 19.5 Å². The van der Waals surface area contributed by atoms with Crippen LogP contribution < -0.4 is 5.11 Å². The molecule has 0 rings (SSSR count). The van der Waals surface area contributed by atoms with Crippen LogP contribution in [0.3, 0.4) is 0 Å². The number of likely N-dealkylation sites (N-methyl/N-ethyl adjacent to an activating group) is 1. The Balaban J connectivity index is 3.93. The molecule has 0 saturated heterocycles. The zero-order valence-electron chi connectivity index (χ0n) is 54.2. The molecule has 2 unspecified atom stereocenters. The van der Waals surface area contributed by atoms with E-state index in [1.807, 2.05) is 21.1 Å². The first kappa shape index (κ1) is 78.2. The zero-order chi connectivity index (χ0) is 59.1.